The molecular weight excluding hydrogens is 355 g/mol. The molecular formula is C19H29FN2O5. The number of halogens is 1. The average molecular weight is 384 g/mol. The number of methoxy groups -OCH3 is 1. The Morgan fingerprint density at radius 3 is 2.37 bits per heavy atom. The number of nitrogens with zero attached hydrogens (tertiary/aromatic N) is 1. The van der Waals surface area contributed by atoms with Gasteiger partial charge in [-0.05, 0) is 52.0 Å². The fourth-order valence-electron chi connectivity index (χ4n) is 2.05. The molecule has 8 heteroatoms. The van der Waals surface area contributed by atoms with Gasteiger partial charge in [0.25, 0.3) is 5.91 Å². The Morgan fingerprint density at radius 2 is 1.81 bits per heavy atom. The second-order valence-corrected chi connectivity index (χ2v) is 6.97. The minimum Gasteiger partial charge on any atom is -0.481 e. The van der Waals surface area contributed by atoms with Crippen LogP contribution in [0.2, 0.25) is 0 Å². The van der Waals surface area contributed by atoms with Crippen LogP contribution in [0.25, 0.3) is 0 Å². The van der Waals surface area contributed by atoms with Gasteiger partial charge >= 0.3 is 6.09 Å². The number of nitrogens with one attached hydrogen (secondary N) is 1. The first kappa shape index (κ1) is 22.7. The summed E-state index contributed by atoms with van der Waals surface area (Å²) >= 11 is 0. The lowest BCUT2D eigenvalue weighted by Crippen LogP contribution is -2.44. The Morgan fingerprint density at radius 1 is 1.19 bits per heavy atom. The highest BCUT2D eigenvalue weighted by Crippen LogP contribution is 2.13. The Kier molecular flexibility index (Phi) is 9.00. The Balaban J connectivity index is 2.48. The summed E-state index contributed by atoms with van der Waals surface area (Å²) in [6.07, 6.45) is -1.23. The largest absolute Gasteiger partial charge is 0.481 e. The number of carbonyl (C=O) groups is 2. The summed E-state index contributed by atoms with van der Waals surface area (Å²) in [5.74, 6) is -0.317. The average Bonchev–Trinajstić information content (AvgIpc) is 2.58. The van der Waals surface area contributed by atoms with Crippen LogP contribution in [0, 0.1) is 5.82 Å². The van der Waals surface area contributed by atoms with Crippen LogP contribution in [0.5, 0.6) is 5.75 Å². The third-order valence-corrected chi connectivity index (χ3v) is 3.39. The van der Waals surface area contributed by atoms with E-state index < -0.39 is 17.8 Å². The van der Waals surface area contributed by atoms with Crippen molar-refractivity contribution in [1.29, 1.82) is 0 Å². The standard InChI is InChI=1S/C19H29FN2O5/c1-14(26-16-8-6-15(20)7-9-16)17(23)21-10-11-22(12-13-25-5)18(24)27-19(2,3)4/h6-9,14H,10-13H2,1-5H3,(H,21,23)/t14-/m0/s1. The fourth-order valence-corrected chi connectivity index (χ4v) is 2.05. The van der Waals surface area contributed by atoms with E-state index in [9.17, 15) is 14.0 Å². The van der Waals surface area contributed by atoms with E-state index in [1.807, 2.05) is 0 Å². The van der Waals surface area contributed by atoms with Crippen LogP contribution in [0.3, 0.4) is 0 Å². The fraction of sp³-hybridized carbons (Fsp3) is 0.579. The number of hydrogen-bond donors (Lipinski definition) is 1. The molecule has 1 rings (SSSR count). The second kappa shape index (κ2) is 10.7. The molecule has 152 valence electrons. The molecule has 0 aliphatic heterocycles. The van der Waals surface area contributed by atoms with E-state index in [1.54, 1.807) is 34.8 Å². The maximum atomic E-state index is 12.9. The SMILES string of the molecule is COCCN(CCNC(=O)[C@H](C)Oc1ccc(F)cc1)C(=O)OC(C)(C)C. The second-order valence-electron chi connectivity index (χ2n) is 6.97. The van der Waals surface area contributed by atoms with Crippen molar-refractivity contribution in [2.75, 3.05) is 33.4 Å². The summed E-state index contributed by atoms with van der Waals surface area (Å²) in [6, 6.07) is 5.42. The molecule has 1 aromatic carbocycles. The third-order valence-electron chi connectivity index (χ3n) is 3.39. The molecule has 1 aromatic rings. The molecule has 7 nitrogen and oxygen atoms in total. The van der Waals surface area contributed by atoms with E-state index in [0.717, 1.165) is 0 Å². The maximum absolute atomic E-state index is 12.9. The number of carbonyl (C=O) groups excluding carboxylic acids is 2. The predicted octanol–water partition coefficient (Wildman–Crippen LogP) is 2.59. The van der Waals surface area contributed by atoms with E-state index >= 15 is 0 Å². The Bertz CT molecular complexity index is 601. The Labute approximate surface area is 159 Å². The third kappa shape index (κ3) is 9.23. The van der Waals surface area contributed by atoms with Gasteiger partial charge in [0.05, 0.1) is 6.61 Å². The highest BCUT2D eigenvalue weighted by Gasteiger charge is 2.22. The van der Waals surface area contributed by atoms with Crippen LogP contribution in [-0.2, 0) is 14.3 Å². The van der Waals surface area contributed by atoms with Crippen LogP contribution in [0.4, 0.5) is 9.18 Å². The molecule has 1 N–H and O–H groups in total. The number of ether oxygens (including phenoxy) is 3. The molecule has 0 aromatic heterocycles. The van der Waals surface area contributed by atoms with Gasteiger partial charge in [-0.3, -0.25) is 4.79 Å². The van der Waals surface area contributed by atoms with E-state index in [-0.39, 0.29) is 24.8 Å². The quantitative estimate of drug-likeness (QED) is 0.708. The van der Waals surface area contributed by atoms with E-state index in [0.29, 0.717) is 18.9 Å². The van der Waals surface area contributed by atoms with Crippen molar-refractivity contribution in [3.05, 3.63) is 30.1 Å². The van der Waals surface area contributed by atoms with E-state index in [2.05, 4.69) is 5.32 Å². The van der Waals surface area contributed by atoms with Gasteiger partial charge in [0, 0.05) is 26.7 Å². The highest BCUT2D eigenvalue weighted by molar-refractivity contribution is 5.80. The molecule has 0 aliphatic rings. The molecule has 1 atom stereocenters. The van der Waals surface area contributed by atoms with Gasteiger partial charge in [0.2, 0.25) is 0 Å². The minimum atomic E-state index is -0.760. The normalized spacial score (nSPS) is 12.2. The summed E-state index contributed by atoms with van der Waals surface area (Å²) in [5.41, 5.74) is -0.608. The van der Waals surface area contributed by atoms with Crippen LogP contribution in [0.15, 0.2) is 24.3 Å². The zero-order chi connectivity index (χ0) is 20.4. The molecule has 2 amide bonds. The zero-order valence-electron chi connectivity index (χ0n) is 16.6. The van der Waals surface area contributed by atoms with Gasteiger partial charge in [0.15, 0.2) is 6.10 Å². The monoisotopic (exact) mass is 384 g/mol. The predicted molar refractivity (Wildman–Crippen MR) is 99.2 cm³/mol. The summed E-state index contributed by atoms with van der Waals surface area (Å²) in [7, 11) is 1.55. The number of rotatable bonds is 9. The molecule has 0 aliphatic carbocycles. The molecule has 0 unspecified atom stereocenters. The molecule has 0 saturated heterocycles. The molecule has 0 saturated carbocycles. The molecule has 0 heterocycles. The molecule has 0 fully saturated rings. The molecule has 0 spiro atoms. The summed E-state index contributed by atoms with van der Waals surface area (Å²) in [5, 5.41) is 2.71. The van der Waals surface area contributed by atoms with Crippen molar-refractivity contribution in [1.82, 2.24) is 10.2 Å². The van der Waals surface area contributed by atoms with Gasteiger partial charge in [0.1, 0.15) is 17.2 Å². The minimum absolute atomic E-state index is 0.235. The van der Waals surface area contributed by atoms with Crippen molar-refractivity contribution in [2.24, 2.45) is 0 Å². The van der Waals surface area contributed by atoms with Crippen molar-refractivity contribution < 1.29 is 28.2 Å². The first-order valence-corrected chi connectivity index (χ1v) is 8.79. The number of hydrogen-bond acceptors (Lipinski definition) is 5. The maximum Gasteiger partial charge on any atom is 0.410 e. The summed E-state index contributed by atoms with van der Waals surface area (Å²) < 4.78 is 28.7. The van der Waals surface area contributed by atoms with E-state index in [4.69, 9.17) is 14.2 Å². The Hall–Kier alpha value is -2.35. The van der Waals surface area contributed by atoms with Crippen molar-refractivity contribution >= 4 is 12.0 Å². The van der Waals surface area contributed by atoms with Crippen LogP contribution < -0.4 is 10.1 Å². The zero-order valence-corrected chi connectivity index (χ0v) is 16.6. The van der Waals surface area contributed by atoms with Crippen LogP contribution in [-0.4, -0.2) is 62.0 Å². The van der Waals surface area contributed by atoms with Gasteiger partial charge in [-0.1, -0.05) is 0 Å². The van der Waals surface area contributed by atoms with Crippen LogP contribution >= 0.6 is 0 Å². The molecule has 27 heavy (non-hydrogen) atoms. The van der Waals surface area contributed by atoms with Gasteiger partial charge in [-0.15, -0.1) is 0 Å². The number of benzene rings is 1. The van der Waals surface area contributed by atoms with Gasteiger partial charge in [-0.2, -0.15) is 0 Å². The van der Waals surface area contributed by atoms with Crippen molar-refractivity contribution in [2.45, 2.75) is 39.4 Å². The molecule has 0 bridgehead atoms. The first-order chi connectivity index (χ1) is 12.6. The van der Waals surface area contributed by atoms with Gasteiger partial charge < -0.3 is 24.4 Å². The topological polar surface area (TPSA) is 77.1 Å². The molecule has 0 radical (unpaired) electrons. The first-order valence-electron chi connectivity index (χ1n) is 8.79. The smallest absolute Gasteiger partial charge is 0.410 e. The van der Waals surface area contributed by atoms with Gasteiger partial charge in [-0.25, -0.2) is 9.18 Å². The van der Waals surface area contributed by atoms with Crippen molar-refractivity contribution in [3.63, 3.8) is 0 Å². The van der Waals surface area contributed by atoms with Crippen LogP contribution in [0.1, 0.15) is 27.7 Å². The number of amides is 2. The lowest BCUT2D eigenvalue weighted by Gasteiger charge is -2.27. The van der Waals surface area contributed by atoms with E-state index in [1.165, 1.54) is 29.2 Å². The lowest BCUT2D eigenvalue weighted by atomic mass is 10.2. The highest BCUT2D eigenvalue weighted by atomic mass is 19.1. The summed E-state index contributed by atoms with van der Waals surface area (Å²) in [6.45, 7) is 8.17. The lowest BCUT2D eigenvalue weighted by molar-refractivity contribution is -0.127. The van der Waals surface area contributed by atoms with Crippen molar-refractivity contribution in [3.8, 4) is 5.75 Å². The summed E-state index contributed by atoms with van der Waals surface area (Å²) in [4.78, 5) is 25.8.